The van der Waals surface area contributed by atoms with Crippen molar-refractivity contribution < 1.29 is 9.90 Å². The number of aromatic nitrogens is 1. The highest BCUT2D eigenvalue weighted by molar-refractivity contribution is 5.69. The van der Waals surface area contributed by atoms with Gasteiger partial charge in [-0.2, -0.15) is 0 Å². The highest BCUT2D eigenvalue weighted by Gasteiger charge is 2.48. The van der Waals surface area contributed by atoms with Crippen molar-refractivity contribution in [1.29, 1.82) is 0 Å². The van der Waals surface area contributed by atoms with Gasteiger partial charge < -0.3 is 9.67 Å². The molecule has 108 valence electrons. The largest absolute Gasteiger partial charge is 0.481 e. The Bertz CT molecular complexity index is 491. The first kappa shape index (κ1) is 12.5. The molecule has 1 heterocycles. The lowest BCUT2D eigenvalue weighted by atomic mass is 9.52. The Balaban J connectivity index is 1.52. The van der Waals surface area contributed by atoms with Gasteiger partial charge in [0.05, 0.1) is 6.42 Å². The SMILES string of the molecule is O=C(O)Cc1cccn1CC1C2CC3CC(C2)CC1C3. The molecule has 0 unspecified atom stereocenters. The lowest BCUT2D eigenvalue weighted by molar-refractivity contribution is -0.136. The van der Waals surface area contributed by atoms with E-state index in [1.807, 2.05) is 12.1 Å². The van der Waals surface area contributed by atoms with Gasteiger partial charge in [-0.25, -0.2) is 0 Å². The first-order chi connectivity index (χ1) is 9.69. The first-order valence-corrected chi connectivity index (χ1v) is 8.05. The topological polar surface area (TPSA) is 42.2 Å². The van der Waals surface area contributed by atoms with Crippen molar-refractivity contribution >= 4 is 5.97 Å². The molecule has 5 rings (SSSR count). The number of aliphatic carboxylic acids is 1. The summed E-state index contributed by atoms with van der Waals surface area (Å²) in [6.45, 7) is 1.05. The van der Waals surface area contributed by atoms with Crippen LogP contribution in [0.25, 0.3) is 0 Å². The Morgan fingerprint density at radius 2 is 1.80 bits per heavy atom. The fourth-order valence-corrected chi connectivity index (χ4v) is 5.51. The molecule has 3 nitrogen and oxygen atoms in total. The van der Waals surface area contributed by atoms with E-state index in [0.29, 0.717) is 0 Å². The van der Waals surface area contributed by atoms with Crippen LogP contribution in [-0.2, 0) is 17.8 Å². The summed E-state index contributed by atoms with van der Waals surface area (Å²) >= 11 is 0. The van der Waals surface area contributed by atoms with Crippen LogP contribution >= 0.6 is 0 Å². The zero-order valence-corrected chi connectivity index (χ0v) is 11.9. The maximum absolute atomic E-state index is 10.9. The minimum Gasteiger partial charge on any atom is -0.481 e. The van der Waals surface area contributed by atoms with Crippen molar-refractivity contribution in [3.05, 3.63) is 24.0 Å². The van der Waals surface area contributed by atoms with Crippen molar-refractivity contribution in [3.63, 3.8) is 0 Å². The second-order valence-corrected chi connectivity index (χ2v) is 7.32. The van der Waals surface area contributed by atoms with Gasteiger partial charge in [0, 0.05) is 18.4 Å². The molecule has 0 spiro atoms. The standard InChI is InChI=1S/C17H23NO2/c19-17(20)9-15-2-1-3-18(15)10-16-13-5-11-4-12(7-13)8-14(16)6-11/h1-3,11-14,16H,4-10H2,(H,19,20). The third-order valence-corrected chi connectivity index (χ3v) is 6.09. The normalized spacial score (nSPS) is 38.3. The molecule has 4 aliphatic carbocycles. The minimum absolute atomic E-state index is 0.153. The van der Waals surface area contributed by atoms with Gasteiger partial charge in [-0.1, -0.05) is 0 Å². The molecule has 1 N–H and O–H groups in total. The van der Waals surface area contributed by atoms with Gasteiger partial charge in [0.2, 0.25) is 0 Å². The Labute approximate surface area is 120 Å². The smallest absolute Gasteiger partial charge is 0.309 e. The third-order valence-electron chi connectivity index (χ3n) is 6.09. The summed E-state index contributed by atoms with van der Waals surface area (Å²) in [4.78, 5) is 10.9. The molecular formula is C17H23NO2. The van der Waals surface area contributed by atoms with Gasteiger partial charge in [0.25, 0.3) is 0 Å². The van der Waals surface area contributed by atoms with Gasteiger partial charge in [-0.3, -0.25) is 4.79 Å². The predicted molar refractivity (Wildman–Crippen MR) is 76.3 cm³/mol. The van der Waals surface area contributed by atoms with E-state index < -0.39 is 5.97 Å². The second-order valence-electron chi connectivity index (χ2n) is 7.32. The summed E-state index contributed by atoms with van der Waals surface area (Å²) in [5.41, 5.74) is 0.964. The molecular weight excluding hydrogens is 250 g/mol. The van der Waals surface area contributed by atoms with E-state index >= 15 is 0 Å². The Kier molecular flexibility index (Phi) is 2.90. The van der Waals surface area contributed by atoms with Gasteiger partial charge in [-0.05, 0) is 73.8 Å². The summed E-state index contributed by atoms with van der Waals surface area (Å²) in [6.07, 6.45) is 9.47. The number of hydrogen-bond acceptors (Lipinski definition) is 1. The van der Waals surface area contributed by atoms with Crippen molar-refractivity contribution in [2.75, 3.05) is 0 Å². The number of rotatable bonds is 4. The van der Waals surface area contributed by atoms with Crippen molar-refractivity contribution in [2.45, 2.75) is 45.1 Å². The van der Waals surface area contributed by atoms with Crippen LogP contribution in [0.1, 0.15) is 37.8 Å². The second kappa shape index (κ2) is 4.64. The van der Waals surface area contributed by atoms with Crippen LogP contribution in [0.5, 0.6) is 0 Å². The Hall–Kier alpha value is -1.25. The molecule has 0 amide bonds. The van der Waals surface area contributed by atoms with Crippen molar-refractivity contribution in [2.24, 2.45) is 29.6 Å². The van der Waals surface area contributed by atoms with Crippen LogP contribution in [0.2, 0.25) is 0 Å². The number of nitrogens with zero attached hydrogens (tertiary/aromatic N) is 1. The van der Waals surface area contributed by atoms with Crippen molar-refractivity contribution in [3.8, 4) is 0 Å². The third kappa shape index (κ3) is 2.07. The molecule has 0 atom stereocenters. The molecule has 4 aliphatic rings. The highest BCUT2D eigenvalue weighted by atomic mass is 16.4. The van der Waals surface area contributed by atoms with Gasteiger partial charge >= 0.3 is 5.97 Å². The first-order valence-electron chi connectivity index (χ1n) is 8.05. The highest BCUT2D eigenvalue weighted by Crippen LogP contribution is 2.56. The van der Waals surface area contributed by atoms with Gasteiger partial charge in [0.15, 0.2) is 0 Å². The summed E-state index contributed by atoms with van der Waals surface area (Å²) in [6, 6.07) is 3.96. The fourth-order valence-electron chi connectivity index (χ4n) is 5.51. The summed E-state index contributed by atoms with van der Waals surface area (Å²) in [7, 11) is 0. The van der Waals surface area contributed by atoms with E-state index in [1.165, 1.54) is 32.1 Å². The number of carboxylic acid groups (broad SMARTS) is 1. The van der Waals surface area contributed by atoms with E-state index in [2.05, 4.69) is 10.8 Å². The Morgan fingerprint density at radius 3 is 2.40 bits per heavy atom. The monoisotopic (exact) mass is 273 g/mol. The van der Waals surface area contributed by atoms with E-state index in [0.717, 1.165) is 41.8 Å². The number of carbonyl (C=O) groups is 1. The van der Waals surface area contributed by atoms with E-state index in [1.54, 1.807) is 0 Å². The van der Waals surface area contributed by atoms with Gasteiger partial charge in [-0.15, -0.1) is 0 Å². The van der Waals surface area contributed by atoms with Crippen LogP contribution in [0.3, 0.4) is 0 Å². The zero-order chi connectivity index (χ0) is 13.7. The van der Waals surface area contributed by atoms with Crippen LogP contribution in [-0.4, -0.2) is 15.6 Å². The summed E-state index contributed by atoms with van der Waals surface area (Å²) < 4.78 is 2.21. The molecule has 0 radical (unpaired) electrons. The van der Waals surface area contributed by atoms with E-state index in [9.17, 15) is 4.79 Å². The molecule has 0 saturated heterocycles. The molecule has 4 bridgehead atoms. The summed E-state index contributed by atoms with van der Waals surface area (Å²) in [5.74, 6) is 3.91. The summed E-state index contributed by atoms with van der Waals surface area (Å²) in [5, 5.41) is 9.00. The molecule has 4 saturated carbocycles. The van der Waals surface area contributed by atoms with Crippen LogP contribution < -0.4 is 0 Å². The number of carboxylic acids is 1. The molecule has 1 aromatic rings. The van der Waals surface area contributed by atoms with E-state index in [-0.39, 0.29) is 6.42 Å². The average molecular weight is 273 g/mol. The lowest BCUT2D eigenvalue weighted by Gasteiger charge is -2.54. The fraction of sp³-hybridized carbons (Fsp3) is 0.706. The predicted octanol–water partition coefficient (Wildman–Crippen LogP) is 3.19. The molecule has 1 aromatic heterocycles. The maximum Gasteiger partial charge on any atom is 0.309 e. The molecule has 3 heteroatoms. The average Bonchev–Trinajstić information content (AvgIpc) is 2.79. The van der Waals surface area contributed by atoms with E-state index in [4.69, 9.17) is 5.11 Å². The molecule has 4 fully saturated rings. The van der Waals surface area contributed by atoms with Gasteiger partial charge in [0.1, 0.15) is 0 Å². The minimum atomic E-state index is -0.727. The van der Waals surface area contributed by atoms with Crippen LogP contribution in [0.4, 0.5) is 0 Å². The van der Waals surface area contributed by atoms with Crippen LogP contribution in [0.15, 0.2) is 18.3 Å². The van der Waals surface area contributed by atoms with Crippen LogP contribution in [0, 0.1) is 29.6 Å². The molecule has 0 aromatic carbocycles. The number of hydrogen-bond donors (Lipinski definition) is 1. The zero-order valence-electron chi connectivity index (χ0n) is 11.9. The Morgan fingerprint density at radius 1 is 1.15 bits per heavy atom. The quantitative estimate of drug-likeness (QED) is 0.915. The molecule has 20 heavy (non-hydrogen) atoms. The lowest BCUT2D eigenvalue weighted by Crippen LogP contribution is -2.46. The van der Waals surface area contributed by atoms with Crippen molar-refractivity contribution in [1.82, 2.24) is 4.57 Å². The maximum atomic E-state index is 10.9. The molecule has 0 aliphatic heterocycles.